The summed E-state index contributed by atoms with van der Waals surface area (Å²) in [6, 6.07) is 26.4. The summed E-state index contributed by atoms with van der Waals surface area (Å²) in [5.41, 5.74) is 1.79. The molecule has 0 aliphatic carbocycles. The lowest BCUT2D eigenvalue weighted by atomic mass is 10.1. The number of nitrogens with zero attached hydrogens (tertiary/aromatic N) is 6. The van der Waals surface area contributed by atoms with Crippen LogP contribution in [0.3, 0.4) is 0 Å². The second-order valence-corrected chi connectivity index (χ2v) is 14.8. The van der Waals surface area contributed by atoms with Gasteiger partial charge in [0.15, 0.2) is 0 Å². The lowest BCUT2D eigenvalue weighted by molar-refractivity contribution is 0.480. The third-order valence-corrected chi connectivity index (χ3v) is 9.50. The van der Waals surface area contributed by atoms with Gasteiger partial charge in [-0.05, 0) is 59.7 Å². The predicted molar refractivity (Wildman–Crippen MR) is 224 cm³/mol. The Morgan fingerprint density at radius 1 is 0.466 bits per heavy atom. The highest BCUT2D eigenvalue weighted by atomic mass is 32.2. The molecule has 2 aromatic heterocycles. The molecule has 20 heteroatoms. The van der Waals surface area contributed by atoms with Crippen LogP contribution in [0.25, 0.3) is 12.2 Å². The topological polar surface area (TPSA) is 258 Å². The quantitative estimate of drug-likeness (QED) is 0.0249. The highest BCUT2D eigenvalue weighted by molar-refractivity contribution is 7.86. The Bertz CT molecular complexity index is 2500. The molecule has 8 N–H and O–H groups in total. The lowest BCUT2D eigenvalue weighted by Crippen LogP contribution is -2.10. The predicted octanol–water partition coefficient (Wildman–Crippen LogP) is 6.89. The summed E-state index contributed by atoms with van der Waals surface area (Å²) in [5.74, 6) is 0.852. The molecule has 0 fully saturated rings. The van der Waals surface area contributed by atoms with Crippen LogP contribution in [0, 0.1) is 0 Å². The van der Waals surface area contributed by atoms with Crippen LogP contribution >= 0.6 is 0 Å². The van der Waals surface area contributed by atoms with Crippen LogP contribution in [-0.2, 0) is 20.2 Å². The van der Waals surface area contributed by atoms with Gasteiger partial charge in [0, 0.05) is 35.8 Å². The smallest absolute Gasteiger partial charge is 0.295 e. The second kappa shape index (κ2) is 18.1. The first-order valence-corrected chi connectivity index (χ1v) is 20.1. The van der Waals surface area contributed by atoms with Crippen molar-refractivity contribution < 1.29 is 25.9 Å². The normalized spacial score (nSPS) is 11.4. The van der Waals surface area contributed by atoms with Gasteiger partial charge in [0.05, 0.1) is 0 Å². The first-order valence-electron chi connectivity index (χ1n) is 17.2. The van der Waals surface area contributed by atoms with Crippen LogP contribution in [-0.4, -0.2) is 68.9 Å². The second-order valence-electron chi connectivity index (χ2n) is 12.0. The van der Waals surface area contributed by atoms with Gasteiger partial charge in [0.2, 0.25) is 35.7 Å². The average Bonchev–Trinajstić information content (AvgIpc) is 3.19. The third kappa shape index (κ3) is 11.2. The number of para-hydroxylation sites is 2. The molecule has 6 aromatic rings. The molecule has 0 saturated carbocycles. The number of hydrogen-bond donors (Lipinski definition) is 8. The van der Waals surface area contributed by atoms with E-state index in [1.54, 1.807) is 12.2 Å². The number of nitrogens with one attached hydrogen (secondary N) is 6. The zero-order valence-electron chi connectivity index (χ0n) is 30.4. The summed E-state index contributed by atoms with van der Waals surface area (Å²) in [6.45, 7) is 8.06. The van der Waals surface area contributed by atoms with Crippen molar-refractivity contribution >= 4 is 90.8 Å². The van der Waals surface area contributed by atoms with Crippen molar-refractivity contribution in [3.63, 3.8) is 0 Å². The van der Waals surface area contributed by atoms with Gasteiger partial charge in [-0.2, -0.15) is 46.7 Å². The van der Waals surface area contributed by atoms with E-state index < -0.39 is 30.0 Å². The summed E-state index contributed by atoms with van der Waals surface area (Å²) in [4.78, 5) is 25.1. The molecular weight excluding hydrogens is 785 g/mol. The zero-order chi connectivity index (χ0) is 41.1. The van der Waals surface area contributed by atoms with Gasteiger partial charge in [0.1, 0.15) is 9.79 Å². The molecule has 0 atom stereocenters. The SMILES string of the molecule is C=CCNc1nc(Nc2ccccc2)nc(Nc2ccc(/C=C/c3ccc(Nc4nc(NCC=C)nc(Nc5ccccc5)n4)cc3S(=O)(=O)O)c(S(=O)(=O)O)c2)n1. The molecule has 0 amide bonds. The van der Waals surface area contributed by atoms with E-state index in [2.05, 4.69) is 75.0 Å². The minimum atomic E-state index is -4.83. The van der Waals surface area contributed by atoms with Gasteiger partial charge in [-0.1, -0.05) is 72.8 Å². The largest absolute Gasteiger partial charge is 0.351 e. The monoisotopic (exact) mass is 820 g/mol. The van der Waals surface area contributed by atoms with Gasteiger partial charge >= 0.3 is 0 Å². The summed E-state index contributed by atoms with van der Waals surface area (Å²) in [5, 5.41) is 18.0. The van der Waals surface area contributed by atoms with E-state index in [1.165, 1.54) is 36.4 Å². The fourth-order valence-electron chi connectivity index (χ4n) is 5.15. The number of aromatic nitrogens is 6. The van der Waals surface area contributed by atoms with E-state index in [4.69, 9.17) is 0 Å². The third-order valence-electron chi connectivity index (χ3n) is 7.68. The Morgan fingerprint density at radius 3 is 1.12 bits per heavy atom. The summed E-state index contributed by atoms with van der Waals surface area (Å²) >= 11 is 0. The van der Waals surface area contributed by atoms with Crippen molar-refractivity contribution in [2.24, 2.45) is 0 Å². The van der Waals surface area contributed by atoms with Crippen molar-refractivity contribution in [2.75, 3.05) is 45.0 Å². The molecular formula is C38H36N12O6S2. The van der Waals surface area contributed by atoms with E-state index in [-0.39, 0.29) is 58.2 Å². The summed E-state index contributed by atoms with van der Waals surface area (Å²) in [6.07, 6.45) is 5.79. The molecule has 0 radical (unpaired) electrons. The molecule has 0 spiro atoms. The van der Waals surface area contributed by atoms with Crippen molar-refractivity contribution in [1.29, 1.82) is 0 Å². The standard InChI is InChI=1S/C38H36N12O6S2/c1-3-21-39-33-45-35(41-27-11-7-5-8-12-27)49-37(47-33)43-29-19-17-25(31(23-29)57(51,52)53)15-16-26-18-20-30(24-32(26)58(54,55)56)44-38-48-34(40-22-4-2)46-36(50-38)42-28-13-9-6-10-14-28/h3-20,23-24H,1-2,21-22H2,(H,51,52,53)(H,54,55,56)(H3,39,41,43,45,47,49)(H3,40,42,44,46,48,50)/b16-15+. The number of hydrogen-bond acceptors (Lipinski definition) is 16. The fraction of sp³-hybridized carbons (Fsp3) is 0.0526. The Labute approximate surface area is 333 Å². The molecule has 18 nitrogen and oxygen atoms in total. The minimum absolute atomic E-state index is 0.00450. The molecule has 296 valence electrons. The van der Waals surface area contributed by atoms with Crippen LogP contribution < -0.4 is 31.9 Å². The van der Waals surface area contributed by atoms with Crippen molar-refractivity contribution in [2.45, 2.75) is 9.79 Å². The van der Waals surface area contributed by atoms with Crippen LogP contribution in [0.1, 0.15) is 11.1 Å². The van der Waals surface area contributed by atoms with E-state index in [1.807, 2.05) is 60.7 Å². The van der Waals surface area contributed by atoms with Crippen LogP contribution in [0.5, 0.6) is 0 Å². The first-order chi connectivity index (χ1) is 27.9. The van der Waals surface area contributed by atoms with E-state index in [0.717, 1.165) is 12.1 Å². The average molecular weight is 821 g/mol. The fourth-order valence-corrected chi connectivity index (χ4v) is 6.57. The Kier molecular flexibility index (Phi) is 12.6. The van der Waals surface area contributed by atoms with Gasteiger partial charge in [-0.3, -0.25) is 9.11 Å². The molecule has 58 heavy (non-hydrogen) atoms. The van der Waals surface area contributed by atoms with Crippen molar-refractivity contribution in [3.8, 4) is 0 Å². The summed E-state index contributed by atoms with van der Waals surface area (Å²) < 4.78 is 70.8. The van der Waals surface area contributed by atoms with Gasteiger partial charge in [0.25, 0.3) is 20.2 Å². The van der Waals surface area contributed by atoms with Crippen LogP contribution in [0.15, 0.2) is 132 Å². The maximum atomic E-state index is 12.6. The molecule has 0 aliphatic heterocycles. The highest BCUT2D eigenvalue weighted by Crippen LogP contribution is 2.29. The Hall–Kier alpha value is -7.26. The number of anilines is 10. The maximum Gasteiger partial charge on any atom is 0.295 e. The van der Waals surface area contributed by atoms with Crippen LogP contribution in [0.2, 0.25) is 0 Å². The molecule has 4 aromatic carbocycles. The summed E-state index contributed by atoms with van der Waals surface area (Å²) in [7, 11) is -9.65. The van der Waals surface area contributed by atoms with E-state index >= 15 is 0 Å². The zero-order valence-corrected chi connectivity index (χ0v) is 32.0. The van der Waals surface area contributed by atoms with Gasteiger partial charge in [-0.25, -0.2) is 0 Å². The van der Waals surface area contributed by atoms with Gasteiger partial charge in [-0.15, -0.1) is 13.2 Å². The molecule has 0 saturated heterocycles. The highest BCUT2D eigenvalue weighted by Gasteiger charge is 2.19. The molecule has 6 rings (SSSR count). The van der Waals surface area contributed by atoms with E-state index in [9.17, 15) is 25.9 Å². The Morgan fingerprint density at radius 2 is 0.793 bits per heavy atom. The van der Waals surface area contributed by atoms with Gasteiger partial charge < -0.3 is 31.9 Å². The lowest BCUT2D eigenvalue weighted by Gasteiger charge is -2.13. The maximum absolute atomic E-state index is 12.6. The minimum Gasteiger partial charge on any atom is -0.351 e. The van der Waals surface area contributed by atoms with Crippen molar-refractivity contribution in [1.82, 2.24) is 29.9 Å². The molecule has 0 unspecified atom stereocenters. The molecule has 0 aliphatic rings. The van der Waals surface area contributed by atoms with Crippen LogP contribution in [0.4, 0.5) is 58.4 Å². The number of benzene rings is 4. The molecule has 0 bridgehead atoms. The first kappa shape index (κ1) is 40.4. The van der Waals surface area contributed by atoms with E-state index in [0.29, 0.717) is 24.5 Å². The Balaban J connectivity index is 1.27. The molecule has 2 heterocycles. The van der Waals surface area contributed by atoms with Crippen molar-refractivity contribution in [3.05, 3.63) is 133 Å². The number of rotatable bonds is 18.